The summed E-state index contributed by atoms with van der Waals surface area (Å²) in [5, 5.41) is 15.0. The number of nitrogens with one attached hydrogen (secondary N) is 2. The Kier molecular flexibility index (Phi) is 5.25. The molecule has 1 heterocycles. The Morgan fingerprint density at radius 3 is 2.65 bits per heavy atom. The molecule has 26 heavy (non-hydrogen) atoms. The van der Waals surface area contributed by atoms with Crippen molar-refractivity contribution in [3.8, 4) is 6.07 Å². The number of hydrogen-bond donors (Lipinski definition) is 2. The SMILES string of the molecule is Cc1ccccc1CNc1ccc(C(=O)Nc2cccc(C#N)c2)nc1. The van der Waals surface area contributed by atoms with Crippen molar-refractivity contribution < 1.29 is 4.79 Å². The number of carbonyl (C=O) groups is 1. The standard InChI is InChI=1S/C21H18N4O/c1-15-5-2-3-7-17(15)13-23-19-9-10-20(24-14-19)21(26)25-18-8-4-6-16(11-18)12-22/h2-11,14,23H,13H2,1H3,(H,25,26). The lowest BCUT2D eigenvalue weighted by Crippen LogP contribution is -2.13. The fourth-order valence-electron chi connectivity index (χ4n) is 2.50. The molecule has 1 aromatic heterocycles. The predicted octanol–water partition coefficient (Wildman–Crippen LogP) is 4.13. The number of carbonyl (C=O) groups excluding carboxylic acids is 1. The van der Waals surface area contributed by atoms with Crippen LogP contribution in [0.5, 0.6) is 0 Å². The molecule has 0 fully saturated rings. The summed E-state index contributed by atoms with van der Waals surface area (Å²) in [4.78, 5) is 16.5. The van der Waals surface area contributed by atoms with Crippen molar-refractivity contribution in [3.63, 3.8) is 0 Å². The second kappa shape index (κ2) is 7.95. The Hall–Kier alpha value is -3.65. The minimum atomic E-state index is -0.314. The second-order valence-electron chi connectivity index (χ2n) is 5.86. The molecule has 128 valence electrons. The highest BCUT2D eigenvalue weighted by molar-refractivity contribution is 6.03. The smallest absolute Gasteiger partial charge is 0.274 e. The Morgan fingerprint density at radius 2 is 1.92 bits per heavy atom. The number of benzene rings is 2. The highest BCUT2D eigenvalue weighted by Gasteiger charge is 2.08. The van der Waals surface area contributed by atoms with Crippen LogP contribution in [0.25, 0.3) is 0 Å². The van der Waals surface area contributed by atoms with Crippen molar-refractivity contribution in [1.82, 2.24) is 4.98 Å². The number of nitriles is 1. The monoisotopic (exact) mass is 342 g/mol. The van der Waals surface area contributed by atoms with Gasteiger partial charge in [0.2, 0.25) is 0 Å². The molecule has 0 aliphatic carbocycles. The van der Waals surface area contributed by atoms with Crippen molar-refractivity contribution in [2.45, 2.75) is 13.5 Å². The maximum Gasteiger partial charge on any atom is 0.274 e. The molecule has 5 heteroatoms. The zero-order chi connectivity index (χ0) is 18.4. The van der Waals surface area contributed by atoms with Crippen LogP contribution >= 0.6 is 0 Å². The van der Waals surface area contributed by atoms with Crippen molar-refractivity contribution in [1.29, 1.82) is 5.26 Å². The third kappa shape index (κ3) is 4.25. The second-order valence-corrected chi connectivity index (χ2v) is 5.86. The van der Waals surface area contributed by atoms with Crippen LogP contribution in [0, 0.1) is 18.3 Å². The topological polar surface area (TPSA) is 77.8 Å². The van der Waals surface area contributed by atoms with E-state index in [1.807, 2.05) is 24.3 Å². The van der Waals surface area contributed by atoms with Crippen LogP contribution in [0.3, 0.4) is 0 Å². The number of rotatable bonds is 5. The predicted molar refractivity (Wildman–Crippen MR) is 102 cm³/mol. The van der Waals surface area contributed by atoms with Crippen molar-refractivity contribution in [2.24, 2.45) is 0 Å². The molecule has 0 spiro atoms. The maximum atomic E-state index is 12.3. The molecular formula is C21H18N4O. The zero-order valence-corrected chi connectivity index (χ0v) is 14.4. The molecule has 2 aromatic carbocycles. The van der Waals surface area contributed by atoms with Gasteiger partial charge in [-0.1, -0.05) is 30.3 Å². The molecule has 0 bridgehead atoms. The maximum absolute atomic E-state index is 12.3. The molecule has 0 saturated carbocycles. The first-order valence-electron chi connectivity index (χ1n) is 8.21. The lowest BCUT2D eigenvalue weighted by atomic mass is 10.1. The Bertz CT molecular complexity index is 958. The third-order valence-corrected chi connectivity index (χ3v) is 3.99. The van der Waals surface area contributed by atoms with E-state index in [-0.39, 0.29) is 5.91 Å². The summed E-state index contributed by atoms with van der Waals surface area (Å²) in [5.74, 6) is -0.314. The Morgan fingerprint density at radius 1 is 1.08 bits per heavy atom. The van der Waals surface area contributed by atoms with Crippen molar-refractivity contribution in [2.75, 3.05) is 10.6 Å². The van der Waals surface area contributed by atoms with Crippen LogP contribution in [0.15, 0.2) is 66.9 Å². The molecule has 1 amide bonds. The fourth-order valence-corrected chi connectivity index (χ4v) is 2.50. The van der Waals surface area contributed by atoms with Gasteiger partial charge in [0, 0.05) is 12.2 Å². The van der Waals surface area contributed by atoms with Crippen LogP contribution in [-0.2, 0) is 6.54 Å². The molecule has 0 aliphatic rings. The molecule has 0 unspecified atom stereocenters. The Balaban J connectivity index is 1.62. The minimum Gasteiger partial charge on any atom is -0.380 e. The normalized spacial score (nSPS) is 10.0. The molecule has 3 aromatic rings. The highest BCUT2D eigenvalue weighted by Crippen LogP contribution is 2.14. The number of pyridine rings is 1. The molecule has 0 atom stereocenters. The first-order chi connectivity index (χ1) is 12.7. The van der Waals surface area contributed by atoms with Gasteiger partial charge < -0.3 is 10.6 Å². The first kappa shape index (κ1) is 17.2. The van der Waals surface area contributed by atoms with E-state index in [1.54, 1.807) is 36.5 Å². The minimum absolute atomic E-state index is 0.314. The lowest BCUT2D eigenvalue weighted by molar-refractivity contribution is 0.102. The van der Waals surface area contributed by atoms with Crippen LogP contribution in [0.1, 0.15) is 27.2 Å². The molecule has 0 aliphatic heterocycles. The van der Waals surface area contributed by atoms with Gasteiger partial charge in [-0.15, -0.1) is 0 Å². The van der Waals surface area contributed by atoms with Gasteiger partial charge in [-0.3, -0.25) is 4.79 Å². The average Bonchev–Trinajstić information content (AvgIpc) is 2.68. The van der Waals surface area contributed by atoms with E-state index in [0.717, 1.165) is 5.69 Å². The van der Waals surface area contributed by atoms with Gasteiger partial charge in [0.15, 0.2) is 0 Å². The number of aryl methyl sites for hydroxylation is 1. The number of aromatic nitrogens is 1. The number of anilines is 2. The molecular weight excluding hydrogens is 324 g/mol. The fraction of sp³-hybridized carbons (Fsp3) is 0.0952. The summed E-state index contributed by atoms with van der Waals surface area (Å²) in [6, 6.07) is 20.5. The summed E-state index contributed by atoms with van der Waals surface area (Å²) in [6.07, 6.45) is 1.64. The van der Waals surface area contributed by atoms with E-state index in [4.69, 9.17) is 5.26 Å². The van der Waals surface area contributed by atoms with Crippen LogP contribution < -0.4 is 10.6 Å². The molecule has 2 N–H and O–H groups in total. The Labute approximate surface area is 152 Å². The largest absolute Gasteiger partial charge is 0.380 e. The van der Waals surface area contributed by atoms with E-state index in [9.17, 15) is 4.79 Å². The first-order valence-corrected chi connectivity index (χ1v) is 8.21. The molecule has 3 rings (SSSR count). The zero-order valence-electron chi connectivity index (χ0n) is 14.4. The van der Waals surface area contributed by atoms with Gasteiger partial charge in [0.05, 0.1) is 23.5 Å². The van der Waals surface area contributed by atoms with Gasteiger partial charge in [-0.25, -0.2) is 4.98 Å². The molecule has 0 radical (unpaired) electrons. The van der Waals surface area contributed by atoms with E-state index in [2.05, 4.69) is 34.7 Å². The van der Waals surface area contributed by atoms with Crippen molar-refractivity contribution >= 4 is 17.3 Å². The van der Waals surface area contributed by atoms with E-state index in [0.29, 0.717) is 23.5 Å². The summed E-state index contributed by atoms with van der Waals surface area (Å²) in [6.45, 7) is 2.77. The van der Waals surface area contributed by atoms with E-state index >= 15 is 0 Å². The van der Waals surface area contributed by atoms with Crippen molar-refractivity contribution in [3.05, 3.63) is 89.2 Å². The van der Waals surface area contributed by atoms with Gasteiger partial charge in [-0.2, -0.15) is 5.26 Å². The lowest BCUT2D eigenvalue weighted by Gasteiger charge is -2.09. The van der Waals surface area contributed by atoms with E-state index < -0.39 is 0 Å². The van der Waals surface area contributed by atoms with Crippen LogP contribution in [0.2, 0.25) is 0 Å². The number of amides is 1. The third-order valence-electron chi connectivity index (χ3n) is 3.99. The van der Waals surface area contributed by atoms with Crippen LogP contribution in [0.4, 0.5) is 11.4 Å². The van der Waals surface area contributed by atoms with Gasteiger partial charge in [-0.05, 0) is 48.4 Å². The summed E-state index contributed by atoms with van der Waals surface area (Å²) in [7, 11) is 0. The quantitative estimate of drug-likeness (QED) is 0.731. The summed E-state index contributed by atoms with van der Waals surface area (Å²) < 4.78 is 0. The van der Waals surface area contributed by atoms with Crippen LogP contribution in [-0.4, -0.2) is 10.9 Å². The van der Waals surface area contributed by atoms with E-state index in [1.165, 1.54) is 11.1 Å². The highest BCUT2D eigenvalue weighted by atomic mass is 16.1. The van der Waals surface area contributed by atoms with Gasteiger partial charge >= 0.3 is 0 Å². The summed E-state index contributed by atoms with van der Waals surface area (Å²) >= 11 is 0. The molecule has 0 saturated heterocycles. The molecule has 5 nitrogen and oxygen atoms in total. The number of hydrogen-bond acceptors (Lipinski definition) is 4. The number of nitrogens with zero attached hydrogens (tertiary/aromatic N) is 2. The average molecular weight is 342 g/mol. The van der Waals surface area contributed by atoms with Gasteiger partial charge in [0.25, 0.3) is 5.91 Å². The van der Waals surface area contributed by atoms with Gasteiger partial charge in [0.1, 0.15) is 5.69 Å². The summed E-state index contributed by atoms with van der Waals surface area (Å²) in [5.41, 5.74) is 4.66.